The summed E-state index contributed by atoms with van der Waals surface area (Å²) in [5, 5.41) is 3.36. The first-order valence-electron chi connectivity index (χ1n) is 9.92. The molecule has 3 heterocycles. The molecule has 1 aromatic carbocycles. The van der Waals surface area contributed by atoms with E-state index in [4.69, 9.17) is 0 Å². The van der Waals surface area contributed by atoms with Crippen molar-refractivity contribution in [2.24, 2.45) is 0 Å². The lowest BCUT2D eigenvalue weighted by atomic mass is 10.2. The Morgan fingerprint density at radius 3 is 2.44 bits per heavy atom. The predicted molar refractivity (Wildman–Crippen MR) is 114 cm³/mol. The molecular formula is C21H20F3N5O2S. The van der Waals surface area contributed by atoms with Gasteiger partial charge in [0.25, 0.3) is 0 Å². The van der Waals surface area contributed by atoms with Crippen molar-refractivity contribution in [2.45, 2.75) is 11.9 Å². The lowest BCUT2D eigenvalue weighted by Crippen LogP contribution is -2.49. The molecule has 4 rings (SSSR count). The number of piperazine rings is 1. The van der Waals surface area contributed by atoms with E-state index in [-0.39, 0.29) is 11.7 Å². The standard InChI is InChI=1S/C21H20F3N5O2S/c22-21(23,24)20-26-19(27-31-20)16-6-7-17(25-12-16)28-8-10-29(11-9-28)18(30)14-32-13-15-4-2-1-3-5-15/h1-7,12H,8-11,13-14H2. The average molecular weight is 463 g/mol. The number of amides is 1. The fraction of sp³-hybridized carbons (Fsp3) is 0.333. The third-order valence-electron chi connectivity index (χ3n) is 4.97. The minimum Gasteiger partial charge on any atom is -0.353 e. The van der Waals surface area contributed by atoms with E-state index < -0.39 is 12.1 Å². The quantitative estimate of drug-likeness (QED) is 0.551. The highest BCUT2D eigenvalue weighted by Crippen LogP contribution is 2.29. The van der Waals surface area contributed by atoms with Crippen molar-refractivity contribution < 1.29 is 22.5 Å². The van der Waals surface area contributed by atoms with Crippen LogP contribution in [-0.2, 0) is 16.7 Å². The number of carbonyl (C=O) groups excluding carboxylic acids is 1. The number of benzene rings is 1. The Morgan fingerprint density at radius 2 is 1.81 bits per heavy atom. The maximum Gasteiger partial charge on any atom is 0.471 e. The Bertz CT molecular complexity index is 1040. The molecule has 168 valence electrons. The zero-order valence-corrected chi connectivity index (χ0v) is 17.8. The summed E-state index contributed by atoms with van der Waals surface area (Å²) in [4.78, 5) is 24.0. The summed E-state index contributed by atoms with van der Waals surface area (Å²) >= 11 is 1.60. The number of aromatic nitrogens is 3. The van der Waals surface area contributed by atoms with E-state index in [0.29, 0.717) is 43.3 Å². The summed E-state index contributed by atoms with van der Waals surface area (Å²) in [6.45, 7) is 2.44. The van der Waals surface area contributed by atoms with Crippen LogP contribution in [0.2, 0.25) is 0 Å². The first kappa shape index (κ1) is 22.1. The van der Waals surface area contributed by atoms with Crippen LogP contribution >= 0.6 is 11.8 Å². The molecular weight excluding hydrogens is 443 g/mol. The first-order valence-corrected chi connectivity index (χ1v) is 11.1. The van der Waals surface area contributed by atoms with E-state index in [1.54, 1.807) is 23.9 Å². The molecule has 1 fully saturated rings. The van der Waals surface area contributed by atoms with Crippen molar-refractivity contribution in [3.63, 3.8) is 0 Å². The van der Waals surface area contributed by atoms with E-state index in [2.05, 4.69) is 19.6 Å². The summed E-state index contributed by atoms with van der Waals surface area (Å²) in [5.74, 6) is 0.476. The molecule has 3 aromatic rings. The summed E-state index contributed by atoms with van der Waals surface area (Å²) in [7, 11) is 0. The fourth-order valence-electron chi connectivity index (χ4n) is 3.27. The van der Waals surface area contributed by atoms with Crippen LogP contribution in [0.5, 0.6) is 0 Å². The molecule has 0 bridgehead atoms. The van der Waals surface area contributed by atoms with Gasteiger partial charge >= 0.3 is 12.1 Å². The number of hydrogen-bond donors (Lipinski definition) is 0. The molecule has 1 saturated heterocycles. The normalized spacial score (nSPS) is 14.6. The molecule has 0 unspecified atom stereocenters. The Balaban J connectivity index is 1.26. The Morgan fingerprint density at radius 1 is 1.06 bits per heavy atom. The van der Waals surface area contributed by atoms with Gasteiger partial charge in [-0.05, 0) is 17.7 Å². The number of hydrogen-bond acceptors (Lipinski definition) is 7. The summed E-state index contributed by atoms with van der Waals surface area (Å²) < 4.78 is 42.1. The van der Waals surface area contributed by atoms with Gasteiger partial charge < -0.3 is 14.3 Å². The summed E-state index contributed by atoms with van der Waals surface area (Å²) in [6, 6.07) is 13.3. The number of pyridine rings is 1. The van der Waals surface area contributed by atoms with Crippen molar-refractivity contribution in [3.8, 4) is 11.4 Å². The molecule has 1 amide bonds. The van der Waals surface area contributed by atoms with Crippen LogP contribution in [0, 0.1) is 0 Å². The number of alkyl halides is 3. The molecule has 1 aliphatic heterocycles. The fourth-order valence-corrected chi connectivity index (χ4v) is 4.16. The number of thioether (sulfide) groups is 1. The van der Waals surface area contributed by atoms with Gasteiger partial charge in [0.05, 0.1) is 5.75 Å². The van der Waals surface area contributed by atoms with Gasteiger partial charge in [-0.1, -0.05) is 35.5 Å². The highest BCUT2D eigenvalue weighted by Gasteiger charge is 2.38. The van der Waals surface area contributed by atoms with Crippen LogP contribution in [0.25, 0.3) is 11.4 Å². The SMILES string of the molecule is O=C(CSCc1ccccc1)N1CCN(c2ccc(-c3noc(C(F)(F)F)n3)cn2)CC1. The Kier molecular flexibility index (Phi) is 6.63. The van der Waals surface area contributed by atoms with Gasteiger partial charge in [-0.2, -0.15) is 18.2 Å². The molecule has 11 heteroatoms. The van der Waals surface area contributed by atoms with E-state index in [9.17, 15) is 18.0 Å². The first-order chi connectivity index (χ1) is 15.4. The van der Waals surface area contributed by atoms with Crippen LogP contribution in [0.1, 0.15) is 11.5 Å². The zero-order chi connectivity index (χ0) is 22.6. The second-order valence-electron chi connectivity index (χ2n) is 7.17. The van der Waals surface area contributed by atoms with Crippen LogP contribution in [0.3, 0.4) is 0 Å². The average Bonchev–Trinajstić information content (AvgIpc) is 3.31. The van der Waals surface area contributed by atoms with Gasteiger partial charge in [0, 0.05) is 43.7 Å². The molecule has 0 N–H and O–H groups in total. The maximum atomic E-state index is 12.6. The minimum absolute atomic E-state index is 0.117. The number of nitrogens with zero attached hydrogens (tertiary/aromatic N) is 5. The van der Waals surface area contributed by atoms with E-state index in [0.717, 1.165) is 5.75 Å². The zero-order valence-electron chi connectivity index (χ0n) is 17.0. The van der Waals surface area contributed by atoms with Crippen LogP contribution < -0.4 is 4.90 Å². The molecule has 0 saturated carbocycles. The van der Waals surface area contributed by atoms with E-state index in [1.807, 2.05) is 40.1 Å². The molecule has 1 aliphatic rings. The second-order valence-corrected chi connectivity index (χ2v) is 8.16. The van der Waals surface area contributed by atoms with Gasteiger partial charge in [0.2, 0.25) is 11.7 Å². The van der Waals surface area contributed by atoms with Gasteiger partial charge in [-0.25, -0.2) is 4.98 Å². The third kappa shape index (κ3) is 5.39. The lowest BCUT2D eigenvalue weighted by molar-refractivity contribution is -0.159. The monoisotopic (exact) mass is 463 g/mol. The molecule has 0 spiro atoms. The highest BCUT2D eigenvalue weighted by atomic mass is 32.2. The van der Waals surface area contributed by atoms with Crippen molar-refractivity contribution >= 4 is 23.5 Å². The number of rotatable bonds is 6. The van der Waals surface area contributed by atoms with Crippen LogP contribution in [-0.4, -0.2) is 57.9 Å². The second kappa shape index (κ2) is 9.60. The minimum atomic E-state index is -4.68. The lowest BCUT2D eigenvalue weighted by Gasteiger charge is -2.35. The van der Waals surface area contributed by atoms with Crippen LogP contribution in [0.15, 0.2) is 53.2 Å². The Hall–Kier alpha value is -3.08. The van der Waals surface area contributed by atoms with Crippen molar-refractivity contribution in [2.75, 3.05) is 36.8 Å². The van der Waals surface area contributed by atoms with Gasteiger partial charge in [0.15, 0.2) is 0 Å². The summed E-state index contributed by atoms with van der Waals surface area (Å²) in [6.07, 6.45) is -3.27. The van der Waals surface area contributed by atoms with Crippen LogP contribution in [0.4, 0.5) is 19.0 Å². The molecule has 0 radical (unpaired) electrons. The van der Waals surface area contributed by atoms with Crippen molar-refractivity contribution in [3.05, 3.63) is 60.1 Å². The van der Waals surface area contributed by atoms with Gasteiger partial charge in [-0.3, -0.25) is 4.79 Å². The number of anilines is 1. The highest BCUT2D eigenvalue weighted by molar-refractivity contribution is 7.99. The Labute approximate surface area is 186 Å². The van der Waals surface area contributed by atoms with Crippen molar-refractivity contribution in [1.82, 2.24) is 20.0 Å². The van der Waals surface area contributed by atoms with Gasteiger partial charge in [0.1, 0.15) is 5.82 Å². The van der Waals surface area contributed by atoms with Crippen molar-refractivity contribution in [1.29, 1.82) is 0 Å². The largest absolute Gasteiger partial charge is 0.471 e. The molecule has 2 aromatic heterocycles. The summed E-state index contributed by atoms with van der Waals surface area (Å²) in [5.41, 5.74) is 1.53. The smallest absolute Gasteiger partial charge is 0.353 e. The third-order valence-corrected chi connectivity index (χ3v) is 5.96. The van der Waals surface area contributed by atoms with Gasteiger partial charge in [-0.15, -0.1) is 11.8 Å². The molecule has 0 atom stereocenters. The topological polar surface area (TPSA) is 75.4 Å². The maximum absolute atomic E-state index is 12.6. The predicted octanol–water partition coefficient (Wildman–Crippen LogP) is 3.73. The van der Waals surface area contributed by atoms with E-state index in [1.165, 1.54) is 11.8 Å². The van der Waals surface area contributed by atoms with E-state index >= 15 is 0 Å². The number of carbonyl (C=O) groups is 1. The molecule has 7 nitrogen and oxygen atoms in total. The molecule has 32 heavy (non-hydrogen) atoms. The number of halogens is 3. The molecule has 0 aliphatic carbocycles.